The van der Waals surface area contributed by atoms with E-state index in [1.54, 1.807) is 20.8 Å². The van der Waals surface area contributed by atoms with Gasteiger partial charge in [0.2, 0.25) is 11.8 Å². The zero-order valence-electron chi connectivity index (χ0n) is 45.3. The maximum Gasteiger partial charge on any atom is 0.408 e. The highest BCUT2D eigenvalue weighted by atomic mass is 32.2. The molecular weight excluding hydrogens is 1000 g/mol. The van der Waals surface area contributed by atoms with Crippen LogP contribution in [-0.4, -0.2) is 113 Å². The van der Waals surface area contributed by atoms with Gasteiger partial charge in [0.1, 0.15) is 30.9 Å². The van der Waals surface area contributed by atoms with Crippen LogP contribution in [0.15, 0.2) is 87.6 Å². The van der Waals surface area contributed by atoms with Crippen molar-refractivity contribution in [2.45, 2.75) is 173 Å². The molecule has 1 spiro atoms. The van der Waals surface area contributed by atoms with Crippen molar-refractivity contribution < 1.29 is 50.0 Å². The van der Waals surface area contributed by atoms with Gasteiger partial charge in [-0.15, -0.1) is 0 Å². The summed E-state index contributed by atoms with van der Waals surface area (Å²) in [7, 11) is -9.70. The summed E-state index contributed by atoms with van der Waals surface area (Å²) < 4.78 is 67.1. The third-order valence-electron chi connectivity index (χ3n) is 15.2. The summed E-state index contributed by atoms with van der Waals surface area (Å²) in [5, 5.41) is 5.84. The number of hydrogen-bond donors (Lipinski definition) is 3. The fraction of sp³-hybridized carbons (Fsp3) is 0.596. The van der Waals surface area contributed by atoms with Gasteiger partial charge >= 0.3 is 11.8 Å². The first-order valence-corrected chi connectivity index (χ1v) is 32.6. The van der Waals surface area contributed by atoms with E-state index in [4.69, 9.17) is 33.0 Å². The zero-order valence-corrected chi connectivity index (χ0v) is 48.1. The lowest BCUT2D eigenvalue weighted by molar-refractivity contribution is -0.141. The van der Waals surface area contributed by atoms with Crippen LogP contribution < -0.4 is 27.6 Å². The summed E-state index contributed by atoms with van der Waals surface area (Å²) in [4.78, 5) is 71.7. The van der Waals surface area contributed by atoms with Crippen molar-refractivity contribution in [3.63, 3.8) is 0 Å². The zero-order chi connectivity index (χ0) is 54.8. The minimum Gasteiger partial charge on any atom is -0.445 e. The normalized spacial score (nSPS) is 23.5. The summed E-state index contributed by atoms with van der Waals surface area (Å²) in [6.45, 7) is 25.5. The Kier molecular flexibility index (Phi) is 17.9. The standard InChI is InChI=1S/C52H78N6O13SSi2/c1-34(2)42(55-48(62)67-31-37-23-18-15-19-24-37)46(61)57-29-38(66-30-36-21-16-14-17-22-36)27-39(57)44(59)54-25-20-26-56-45(60)35(3)28-58(49(56)63)47-43(70-74(12,13)51(7,8)9)52(40(53)33-72(64,65)71-52)41(69-47)32-68-73(10,11)50(4,5)6/h14-19,21-24,28,33-34,38-39,41-43,47H,20,25-27,29-32,53H2,1-13H3,(H,54,59)(H,55,62)/t38-,39+,41-,42+,43+,47-,52-/m1/s1. The minimum absolute atomic E-state index is 0.00113. The highest BCUT2D eigenvalue weighted by Gasteiger charge is 2.67. The molecule has 2 aromatic carbocycles. The molecule has 0 bridgehead atoms. The average molecular weight is 1080 g/mol. The van der Waals surface area contributed by atoms with E-state index in [1.165, 1.54) is 15.7 Å². The first-order valence-electron chi connectivity index (χ1n) is 25.3. The van der Waals surface area contributed by atoms with Gasteiger partial charge in [-0.2, -0.15) is 8.42 Å². The molecule has 22 heteroatoms. The number of aryl methyl sites for hydroxylation is 1. The molecule has 74 heavy (non-hydrogen) atoms. The first kappa shape index (κ1) is 58.3. The van der Waals surface area contributed by atoms with Crippen LogP contribution in [0, 0.1) is 12.8 Å². The highest BCUT2D eigenvalue weighted by molar-refractivity contribution is 7.90. The van der Waals surface area contributed by atoms with Crippen molar-refractivity contribution in [1.29, 1.82) is 0 Å². The summed E-state index contributed by atoms with van der Waals surface area (Å²) in [5.74, 6) is -1.34. The van der Waals surface area contributed by atoms with Gasteiger partial charge in [0.15, 0.2) is 28.5 Å². The number of carbonyl (C=O) groups excluding carboxylic acids is 3. The number of aromatic nitrogens is 2. The number of rotatable bonds is 19. The van der Waals surface area contributed by atoms with E-state index in [9.17, 15) is 32.4 Å². The number of nitrogens with one attached hydrogen (secondary N) is 2. The summed E-state index contributed by atoms with van der Waals surface area (Å²) >= 11 is 0. The second kappa shape index (κ2) is 22.7. The summed E-state index contributed by atoms with van der Waals surface area (Å²) in [6.07, 6.45) is -3.45. The van der Waals surface area contributed by atoms with Gasteiger partial charge in [-0.05, 0) is 66.7 Å². The molecule has 4 N–H and O–H groups in total. The topological polar surface area (TPSA) is 238 Å². The van der Waals surface area contributed by atoms with Crippen molar-refractivity contribution in [3.05, 3.63) is 115 Å². The van der Waals surface area contributed by atoms with Gasteiger partial charge in [0.05, 0.1) is 30.4 Å². The van der Waals surface area contributed by atoms with E-state index >= 15 is 0 Å². The van der Waals surface area contributed by atoms with E-state index in [1.807, 2.05) is 108 Å². The molecule has 4 heterocycles. The van der Waals surface area contributed by atoms with Crippen LogP contribution in [0.4, 0.5) is 4.79 Å². The number of likely N-dealkylation sites (tertiary alicyclic amines) is 1. The number of hydrogen-bond acceptors (Lipinski definition) is 14. The fourth-order valence-electron chi connectivity index (χ4n) is 8.70. The lowest BCUT2D eigenvalue weighted by Gasteiger charge is -2.43. The molecule has 3 aliphatic rings. The molecule has 2 fully saturated rings. The van der Waals surface area contributed by atoms with Gasteiger partial charge in [-0.1, -0.05) is 116 Å². The quantitative estimate of drug-likeness (QED) is 0.0692. The molecule has 1 aromatic heterocycles. The molecule has 0 radical (unpaired) electrons. The van der Waals surface area contributed by atoms with Crippen LogP contribution in [0.1, 0.15) is 91.1 Å². The Morgan fingerprint density at radius 3 is 2.05 bits per heavy atom. The van der Waals surface area contributed by atoms with E-state index < -0.39 is 103 Å². The van der Waals surface area contributed by atoms with Crippen molar-refractivity contribution in [2.75, 3.05) is 19.7 Å². The SMILES string of the molecule is Cc1cn([C@@H]2O[C@H](CO[Si](C)(C)C(C)(C)C)[C@@]3(OS(=O)(=O)C=C3N)[C@H]2O[Si](C)(C)C(C)(C)C)c(=O)n(CCCNC(=O)[C@@H]2C[C@@H](OCc3ccccc3)CN2C(=O)[C@@H](NC(=O)OCc2ccccc2)C(C)C)c1=O. The highest BCUT2D eigenvalue weighted by Crippen LogP contribution is 2.52. The van der Waals surface area contributed by atoms with Crippen LogP contribution >= 0.6 is 0 Å². The van der Waals surface area contributed by atoms with E-state index in [0.29, 0.717) is 0 Å². The first-order chi connectivity index (χ1) is 34.4. The van der Waals surface area contributed by atoms with E-state index in [0.717, 1.165) is 21.1 Å². The lowest BCUT2D eigenvalue weighted by Crippen LogP contribution is -2.59. The maximum absolute atomic E-state index is 14.8. The van der Waals surface area contributed by atoms with Gasteiger partial charge in [0, 0.05) is 37.8 Å². The predicted molar refractivity (Wildman–Crippen MR) is 285 cm³/mol. The molecule has 0 unspecified atom stereocenters. The van der Waals surface area contributed by atoms with Crippen LogP contribution in [0.25, 0.3) is 0 Å². The Morgan fingerprint density at radius 2 is 1.50 bits per heavy atom. The fourth-order valence-corrected chi connectivity index (χ4v) is 12.2. The number of benzene rings is 2. The third kappa shape index (κ3) is 13.0. The van der Waals surface area contributed by atoms with Gasteiger partial charge < -0.3 is 44.3 Å². The molecule has 2 saturated heterocycles. The number of alkyl carbamates (subject to hydrolysis) is 1. The number of nitrogens with zero attached hydrogens (tertiary/aromatic N) is 3. The second-order valence-corrected chi connectivity index (χ2v) is 34.0. The number of carbonyl (C=O) groups is 3. The predicted octanol–water partition coefficient (Wildman–Crippen LogP) is 6.17. The van der Waals surface area contributed by atoms with E-state index in [-0.39, 0.29) is 74.5 Å². The minimum atomic E-state index is -4.35. The second-order valence-electron chi connectivity index (χ2n) is 23.0. The Balaban J connectivity index is 1.24. The largest absolute Gasteiger partial charge is 0.445 e. The van der Waals surface area contributed by atoms with Crippen LogP contribution in [0.3, 0.4) is 0 Å². The van der Waals surface area contributed by atoms with Crippen LogP contribution in [0.5, 0.6) is 0 Å². The van der Waals surface area contributed by atoms with Gasteiger partial charge in [0.25, 0.3) is 15.7 Å². The Hall–Kier alpha value is -4.95. The smallest absolute Gasteiger partial charge is 0.408 e. The molecule has 19 nitrogen and oxygen atoms in total. The Bertz CT molecular complexity index is 2760. The summed E-state index contributed by atoms with van der Waals surface area (Å²) in [5.41, 5.74) is 5.12. The van der Waals surface area contributed by atoms with E-state index in [2.05, 4.69) is 31.4 Å². The molecular formula is C52H78N6O13SSi2. The maximum atomic E-state index is 14.8. The summed E-state index contributed by atoms with van der Waals surface area (Å²) in [6, 6.07) is 16.7. The molecule has 408 valence electrons. The van der Waals surface area contributed by atoms with Gasteiger partial charge in [-0.3, -0.25) is 23.5 Å². The van der Waals surface area contributed by atoms with Crippen molar-refractivity contribution in [1.82, 2.24) is 24.7 Å². The lowest BCUT2D eigenvalue weighted by atomic mass is 9.89. The van der Waals surface area contributed by atoms with Gasteiger partial charge in [-0.25, -0.2) is 13.8 Å². The third-order valence-corrected chi connectivity index (χ3v) is 25.2. The molecule has 6 rings (SSSR count). The molecule has 0 saturated carbocycles. The number of nitrogens with two attached hydrogens (primary N) is 1. The van der Waals surface area contributed by atoms with Crippen molar-refractivity contribution in [3.8, 4) is 0 Å². The molecule has 7 atom stereocenters. The molecule has 3 aromatic rings. The van der Waals surface area contributed by atoms with Crippen LogP contribution in [0.2, 0.25) is 36.3 Å². The van der Waals surface area contributed by atoms with Crippen LogP contribution in [-0.2, 0) is 66.7 Å². The van der Waals surface area contributed by atoms with Crippen molar-refractivity contribution in [2.24, 2.45) is 11.7 Å². The Morgan fingerprint density at radius 1 is 0.905 bits per heavy atom. The van der Waals surface area contributed by atoms with Crippen molar-refractivity contribution >= 4 is 44.7 Å². The molecule has 3 aliphatic heterocycles. The number of ether oxygens (including phenoxy) is 3. The molecule has 0 aliphatic carbocycles. The molecule has 3 amide bonds. The Labute approximate surface area is 437 Å². The number of amides is 3. The average Bonchev–Trinajstić information content (AvgIpc) is 3.96. The monoisotopic (exact) mass is 1080 g/mol.